The average Bonchev–Trinajstić information content (AvgIpc) is 2.96. The normalized spacial score (nSPS) is 10.3. The molecule has 0 fully saturated rings. The first-order valence-corrected chi connectivity index (χ1v) is 12.5. The van der Waals surface area contributed by atoms with Crippen LogP contribution in [0.1, 0.15) is 12.1 Å². The zero-order valence-corrected chi connectivity index (χ0v) is 22.3. The largest absolute Gasteiger partial charge is 0.379 e. The van der Waals surface area contributed by atoms with Crippen LogP contribution < -0.4 is 27.0 Å². The molecule has 0 aromatic carbocycles. The van der Waals surface area contributed by atoms with Gasteiger partial charge in [0.25, 0.3) is 0 Å². The van der Waals surface area contributed by atoms with E-state index in [1.54, 1.807) is 12.1 Å². The third-order valence-corrected chi connectivity index (χ3v) is 4.64. The molecule has 4 amide bonds. The number of carbonyl (C=O) groups is 4. The van der Waals surface area contributed by atoms with Gasteiger partial charge in [-0.3, -0.25) is 24.2 Å². The van der Waals surface area contributed by atoms with Crippen LogP contribution in [0.3, 0.4) is 0 Å². The lowest BCUT2D eigenvalue weighted by atomic mass is 10.3. The summed E-state index contributed by atoms with van der Waals surface area (Å²) in [4.78, 5) is 52.7. The number of ether oxygens (including phenoxy) is 4. The molecule has 0 atom stereocenters. The number of nitrogens with one attached hydrogen (secondary N) is 4. The lowest BCUT2D eigenvalue weighted by molar-refractivity contribution is -0.127. The van der Waals surface area contributed by atoms with Gasteiger partial charge in [-0.25, -0.2) is 0 Å². The van der Waals surface area contributed by atoms with E-state index in [9.17, 15) is 19.2 Å². The van der Waals surface area contributed by atoms with Gasteiger partial charge in [-0.2, -0.15) is 0 Å². The van der Waals surface area contributed by atoms with Gasteiger partial charge in [-0.15, -0.1) is 0 Å². The van der Waals surface area contributed by atoms with E-state index in [1.165, 1.54) is 6.20 Å². The fraction of sp³-hybridized carbons (Fsp3) is 0.609. The van der Waals surface area contributed by atoms with Crippen molar-refractivity contribution < 1.29 is 38.1 Å². The molecule has 17 nitrogen and oxygen atoms in total. The van der Waals surface area contributed by atoms with Gasteiger partial charge in [0.15, 0.2) is 0 Å². The number of nitrogens with two attached hydrogens (primary N) is 1. The molecule has 0 saturated carbocycles. The van der Waals surface area contributed by atoms with Crippen LogP contribution in [0.25, 0.3) is 10.4 Å². The van der Waals surface area contributed by atoms with Gasteiger partial charge >= 0.3 is 0 Å². The maximum absolute atomic E-state index is 11.9. The molecule has 1 heterocycles. The number of carbonyl (C=O) groups excluding carboxylic acids is 4. The Kier molecular flexibility index (Phi) is 19.7. The first-order chi connectivity index (χ1) is 19.4. The number of amides is 4. The third-order valence-electron chi connectivity index (χ3n) is 4.64. The van der Waals surface area contributed by atoms with Crippen LogP contribution in [-0.4, -0.2) is 108 Å². The van der Waals surface area contributed by atoms with Gasteiger partial charge in [0.05, 0.1) is 97.3 Å². The molecule has 17 heteroatoms. The fourth-order valence-corrected chi connectivity index (χ4v) is 2.66. The van der Waals surface area contributed by atoms with Gasteiger partial charge in [0.2, 0.25) is 23.6 Å². The Morgan fingerprint density at radius 1 is 0.800 bits per heavy atom. The molecular weight excluding hydrogens is 530 g/mol. The van der Waals surface area contributed by atoms with E-state index >= 15 is 0 Å². The summed E-state index contributed by atoms with van der Waals surface area (Å²) in [5.74, 6) is -1.55. The molecule has 1 rings (SSSR count). The predicted molar refractivity (Wildman–Crippen MR) is 142 cm³/mol. The molecule has 6 N–H and O–H groups in total. The Morgan fingerprint density at radius 2 is 1.38 bits per heavy atom. The molecule has 0 aliphatic heterocycles. The number of anilines is 1. The van der Waals surface area contributed by atoms with E-state index < -0.39 is 11.8 Å². The second-order valence-electron chi connectivity index (χ2n) is 7.78. The van der Waals surface area contributed by atoms with Crippen molar-refractivity contribution in [1.29, 1.82) is 0 Å². The maximum atomic E-state index is 11.9. The van der Waals surface area contributed by atoms with Gasteiger partial charge in [0.1, 0.15) is 0 Å². The molecule has 222 valence electrons. The molecule has 0 aliphatic carbocycles. The van der Waals surface area contributed by atoms with E-state index in [4.69, 9.17) is 30.2 Å². The molecule has 0 aliphatic rings. The van der Waals surface area contributed by atoms with Crippen LogP contribution in [0.4, 0.5) is 5.69 Å². The Bertz CT molecular complexity index is 943. The van der Waals surface area contributed by atoms with E-state index in [2.05, 4.69) is 36.3 Å². The third kappa shape index (κ3) is 19.2. The highest BCUT2D eigenvalue weighted by Crippen LogP contribution is 2.07. The zero-order chi connectivity index (χ0) is 29.3. The van der Waals surface area contributed by atoms with Crippen LogP contribution in [0.15, 0.2) is 23.4 Å². The van der Waals surface area contributed by atoms with Crippen LogP contribution in [0.2, 0.25) is 0 Å². The number of azide groups is 1. The minimum absolute atomic E-state index is 0.150. The second-order valence-corrected chi connectivity index (χ2v) is 7.78. The molecular formula is C23H37N9O8. The van der Waals surface area contributed by atoms with Crippen molar-refractivity contribution in [3.05, 3.63) is 34.5 Å². The summed E-state index contributed by atoms with van der Waals surface area (Å²) in [6.45, 7) is 2.44. The predicted octanol–water partition coefficient (Wildman–Crippen LogP) is -1.41. The highest BCUT2D eigenvalue weighted by Gasteiger charge is 2.07. The van der Waals surface area contributed by atoms with Gasteiger partial charge < -0.3 is 45.9 Å². The minimum atomic E-state index is -0.495. The number of nitrogens with zero attached hydrogens (tertiary/aromatic N) is 4. The highest BCUT2D eigenvalue weighted by molar-refractivity contribution is 5.90. The van der Waals surface area contributed by atoms with E-state index in [1.807, 2.05) is 0 Å². The van der Waals surface area contributed by atoms with Gasteiger partial charge in [-0.05, 0) is 17.7 Å². The molecule has 1 aromatic heterocycles. The zero-order valence-electron chi connectivity index (χ0n) is 22.3. The van der Waals surface area contributed by atoms with Crippen molar-refractivity contribution in [3.8, 4) is 0 Å². The van der Waals surface area contributed by atoms with Crippen molar-refractivity contribution in [1.82, 2.24) is 20.9 Å². The monoisotopic (exact) mass is 567 g/mol. The summed E-state index contributed by atoms with van der Waals surface area (Å²) in [5.41, 5.74) is 14.5. The van der Waals surface area contributed by atoms with Crippen LogP contribution in [0, 0.1) is 0 Å². The van der Waals surface area contributed by atoms with E-state index in [0.717, 1.165) is 0 Å². The number of hydrogen-bond donors (Lipinski definition) is 5. The minimum Gasteiger partial charge on any atom is -0.379 e. The summed E-state index contributed by atoms with van der Waals surface area (Å²) in [7, 11) is 0. The Hall–Kier alpha value is -3.86. The number of rotatable bonds is 23. The Morgan fingerprint density at radius 3 is 1.95 bits per heavy atom. The lowest BCUT2D eigenvalue weighted by Crippen LogP contribution is -2.43. The van der Waals surface area contributed by atoms with E-state index in [-0.39, 0.29) is 64.2 Å². The van der Waals surface area contributed by atoms with Crippen LogP contribution in [0.5, 0.6) is 0 Å². The summed E-state index contributed by atoms with van der Waals surface area (Å²) in [6.07, 6.45) is 1.67. The van der Waals surface area contributed by atoms with Crippen LogP contribution >= 0.6 is 0 Å². The molecule has 40 heavy (non-hydrogen) atoms. The Balaban J connectivity index is 1.85. The first-order valence-electron chi connectivity index (χ1n) is 12.5. The topological polar surface area (TPSA) is 241 Å². The van der Waals surface area contributed by atoms with E-state index in [0.29, 0.717) is 51.0 Å². The average molecular weight is 568 g/mol. The SMILES string of the molecule is [N-]=[N+]=NCc1ccc(NC(=O)CCOCCOCCOCCOCCNC(=O)CNC(=O)CNC(=O)CN)cn1. The quantitative estimate of drug-likeness (QED) is 0.0448. The van der Waals surface area contributed by atoms with Crippen molar-refractivity contribution in [3.63, 3.8) is 0 Å². The van der Waals surface area contributed by atoms with Gasteiger partial charge in [0, 0.05) is 17.2 Å². The van der Waals surface area contributed by atoms with Crippen molar-refractivity contribution >= 4 is 29.3 Å². The summed E-state index contributed by atoms with van der Waals surface area (Å²) in [6, 6.07) is 3.35. The summed E-state index contributed by atoms with van der Waals surface area (Å²) < 4.78 is 21.5. The van der Waals surface area contributed by atoms with Crippen molar-refractivity contribution in [2.45, 2.75) is 13.0 Å². The molecule has 0 radical (unpaired) electrons. The first kappa shape index (κ1) is 34.2. The maximum Gasteiger partial charge on any atom is 0.239 e. The smallest absolute Gasteiger partial charge is 0.239 e. The highest BCUT2D eigenvalue weighted by atomic mass is 16.6. The fourth-order valence-electron chi connectivity index (χ4n) is 2.66. The van der Waals surface area contributed by atoms with Crippen LogP contribution in [-0.2, 0) is 44.7 Å². The summed E-state index contributed by atoms with van der Waals surface area (Å²) >= 11 is 0. The molecule has 0 bridgehead atoms. The number of pyridine rings is 1. The van der Waals surface area contributed by atoms with Crippen molar-refractivity contribution in [2.24, 2.45) is 10.8 Å². The summed E-state index contributed by atoms with van der Waals surface area (Å²) in [5, 5.41) is 13.4. The standard InChI is InChI=1S/C23H37N9O8/c24-13-21(34)28-17-23(36)29-16-22(35)26-4-6-38-8-10-40-12-11-39-9-7-37-5-3-20(33)31-19-2-1-18(27-14-19)15-30-32-25/h1-2,14H,3-13,15-17,24H2,(H,26,35)(H,28,34)(H,29,36)(H,31,33). The number of aromatic nitrogens is 1. The molecule has 1 aromatic rings. The Labute approximate surface area is 231 Å². The van der Waals surface area contributed by atoms with Gasteiger partial charge in [-0.1, -0.05) is 5.11 Å². The second kappa shape index (κ2) is 23.1. The number of hydrogen-bond acceptors (Lipinski definition) is 11. The molecule has 0 saturated heterocycles. The molecule has 0 unspecified atom stereocenters. The molecule has 0 spiro atoms. The van der Waals surface area contributed by atoms with Crippen molar-refractivity contribution in [2.75, 3.05) is 84.4 Å². The lowest BCUT2D eigenvalue weighted by Gasteiger charge is -2.09.